The molecule has 1 saturated carbocycles. The smallest absolute Gasteiger partial charge is 0.192 e. The van der Waals surface area contributed by atoms with Crippen LogP contribution in [0.5, 0.6) is 0 Å². The predicted molar refractivity (Wildman–Crippen MR) is 95.9 cm³/mol. The van der Waals surface area contributed by atoms with Gasteiger partial charge < -0.3 is 8.98 Å². The minimum atomic E-state index is -1.76. The third kappa shape index (κ3) is 5.08. The van der Waals surface area contributed by atoms with Gasteiger partial charge in [0.2, 0.25) is 0 Å². The third-order valence-electron chi connectivity index (χ3n) is 4.70. The molecule has 5 heteroatoms. The highest BCUT2D eigenvalue weighted by atomic mass is 32.2. The molecule has 21 heavy (non-hydrogen) atoms. The summed E-state index contributed by atoms with van der Waals surface area (Å²) in [6.45, 7) is 17.3. The first-order valence-corrected chi connectivity index (χ1v) is 12.0. The van der Waals surface area contributed by atoms with Crippen LogP contribution in [0, 0.1) is 0 Å². The molecule has 1 aliphatic carbocycles. The number of hydrogen-bond acceptors (Lipinski definition) is 3. The van der Waals surface area contributed by atoms with Crippen LogP contribution < -0.4 is 0 Å². The Hall–Kier alpha value is 0.157. The monoisotopic (exact) mass is 331 g/mol. The van der Waals surface area contributed by atoms with Gasteiger partial charge in [-0.3, -0.25) is 0 Å². The third-order valence-corrected chi connectivity index (χ3v) is 10.6. The first kappa shape index (κ1) is 19.2. The second-order valence-electron chi connectivity index (χ2n) is 8.75. The van der Waals surface area contributed by atoms with Crippen LogP contribution in [0.2, 0.25) is 18.1 Å². The Labute approximate surface area is 135 Å². The quantitative estimate of drug-likeness (QED) is 0.410. The van der Waals surface area contributed by atoms with Gasteiger partial charge >= 0.3 is 0 Å². The van der Waals surface area contributed by atoms with E-state index in [2.05, 4.69) is 38.3 Å². The highest BCUT2D eigenvalue weighted by Gasteiger charge is 2.47. The van der Waals surface area contributed by atoms with Crippen LogP contribution in [0.4, 0.5) is 0 Å². The van der Waals surface area contributed by atoms with Gasteiger partial charge in [-0.1, -0.05) is 25.2 Å². The number of nitrogens with zero attached hydrogens (tertiary/aromatic N) is 1. The van der Waals surface area contributed by atoms with Crippen molar-refractivity contribution in [3.05, 3.63) is 0 Å². The number of hydrogen-bond donors (Lipinski definition) is 0. The molecule has 0 unspecified atom stereocenters. The molecule has 0 aliphatic heterocycles. The maximum Gasteiger partial charge on any atom is 0.192 e. The Balaban J connectivity index is 2.68. The number of rotatable bonds is 5. The average molecular weight is 332 g/mol. The first-order valence-electron chi connectivity index (χ1n) is 7.94. The van der Waals surface area contributed by atoms with E-state index in [0.29, 0.717) is 0 Å². The van der Waals surface area contributed by atoms with E-state index in [0.717, 1.165) is 19.3 Å². The summed E-state index contributed by atoms with van der Waals surface area (Å²) in [4.78, 5) is 0. The van der Waals surface area contributed by atoms with Gasteiger partial charge in [-0.25, -0.2) is 0 Å². The van der Waals surface area contributed by atoms with Gasteiger partial charge in [-0.15, -0.1) is 0 Å². The maximum absolute atomic E-state index is 12.0. The fraction of sp³-hybridized carbons (Fsp3) is 0.938. The molecule has 3 nitrogen and oxygen atoms in total. The van der Waals surface area contributed by atoms with E-state index in [4.69, 9.17) is 4.43 Å². The lowest BCUT2D eigenvalue weighted by atomic mass is 9.78. The fourth-order valence-corrected chi connectivity index (χ4v) is 4.25. The molecule has 0 radical (unpaired) electrons. The summed E-state index contributed by atoms with van der Waals surface area (Å²) in [6, 6.07) is 0. The molecule has 0 aromatic carbocycles. The van der Waals surface area contributed by atoms with Crippen LogP contribution in [0.25, 0.3) is 0 Å². The SMILES string of the molecule is CC(C)(C)[S@@+]([O-])/N=C/CC1(O[Si](C)(C)C(C)(C)C)CCC1. The summed E-state index contributed by atoms with van der Waals surface area (Å²) in [6.07, 6.45) is 6.07. The molecule has 1 rings (SSSR count). The highest BCUT2D eigenvalue weighted by Crippen LogP contribution is 2.46. The van der Waals surface area contributed by atoms with E-state index in [9.17, 15) is 4.55 Å². The summed E-state index contributed by atoms with van der Waals surface area (Å²) in [5.74, 6) is 0. The Morgan fingerprint density at radius 2 is 1.71 bits per heavy atom. The van der Waals surface area contributed by atoms with Crippen LogP contribution in [0.3, 0.4) is 0 Å². The summed E-state index contributed by atoms with van der Waals surface area (Å²) in [5, 5.41) is 0.223. The molecule has 1 fully saturated rings. The molecule has 0 amide bonds. The van der Waals surface area contributed by atoms with Gasteiger partial charge in [0.1, 0.15) is 16.1 Å². The average Bonchev–Trinajstić information content (AvgIpc) is 2.22. The second kappa shape index (κ2) is 6.34. The minimum absolute atomic E-state index is 0.0470. The lowest BCUT2D eigenvalue weighted by molar-refractivity contribution is -0.0121. The van der Waals surface area contributed by atoms with Crippen LogP contribution in [0.15, 0.2) is 4.40 Å². The Bertz CT molecular complexity index is 379. The van der Waals surface area contributed by atoms with Gasteiger partial charge in [-0.2, -0.15) is 0 Å². The van der Waals surface area contributed by atoms with Crippen LogP contribution in [-0.2, 0) is 15.8 Å². The van der Waals surface area contributed by atoms with Crippen molar-refractivity contribution in [2.75, 3.05) is 0 Å². The van der Waals surface area contributed by atoms with E-state index in [1.54, 1.807) is 0 Å². The molecule has 0 N–H and O–H groups in total. The molecule has 0 bridgehead atoms. The van der Waals surface area contributed by atoms with E-state index >= 15 is 0 Å². The van der Waals surface area contributed by atoms with Crippen molar-refractivity contribution in [2.24, 2.45) is 4.40 Å². The summed E-state index contributed by atoms with van der Waals surface area (Å²) in [5.41, 5.74) is -0.0470. The van der Waals surface area contributed by atoms with Crippen LogP contribution >= 0.6 is 0 Å². The first-order chi connectivity index (χ1) is 9.29. The maximum atomic E-state index is 12.0. The zero-order valence-electron chi connectivity index (χ0n) is 15.1. The standard InChI is InChI=1S/C16H33NO2SSi/c1-14(2,3)20(18)17-13-12-16(10-9-11-16)19-21(7,8)15(4,5)6/h13H,9-12H2,1-8H3/b17-13+/t20-/m1/s1. The minimum Gasteiger partial charge on any atom is -0.591 e. The van der Waals surface area contributed by atoms with Crippen LogP contribution in [-0.4, -0.2) is 29.4 Å². The molecule has 124 valence electrons. The van der Waals surface area contributed by atoms with Gasteiger partial charge in [-0.05, 0) is 58.2 Å². The Morgan fingerprint density at radius 3 is 2.05 bits per heavy atom. The molecular weight excluding hydrogens is 298 g/mol. The summed E-state index contributed by atoms with van der Waals surface area (Å²) < 4.78 is 22.6. The largest absolute Gasteiger partial charge is 0.591 e. The van der Waals surface area contributed by atoms with Crippen molar-refractivity contribution < 1.29 is 8.98 Å². The molecular formula is C16H33NO2SSi. The zero-order valence-corrected chi connectivity index (χ0v) is 16.9. The van der Waals surface area contributed by atoms with Crippen molar-refractivity contribution in [3.8, 4) is 0 Å². The Kier molecular flexibility index (Phi) is 5.80. The molecule has 0 saturated heterocycles. The van der Waals surface area contributed by atoms with Crippen molar-refractivity contribution >= 4 is 25.9 Å². The lowest BCUT2D eigenvalue weighted by Gasteiger charge is -2.50. The van der Waals surface area contributed by atoms with Crippen molar-refractivity contribution in [1.82, 2.24) is 0 Å². The molecule has 0 spiro atoms. The van der Waals surface area contributed by atoms with E-state index < -0.39 is 19.7 Å². The normalized spacial score (nSPS) is 21.4. The second-order valence-corrected chi connectivity index (χ2v) is 15.4. The Morgan fingerprint density at radius 1 is 1.19 bits per heavy atom. The molecule has 0 aromatic heterocycles. The van der Waals surface area contributed by atoms with Gasteiger partial charge in [0, 0.05) is 6.42 Å². The van der Waals surface area contributed by atoms with E-state index in [1.807, 2.05) is 27.0 Å². The van der Waals surface area contributed by atoms with Gasteiger partial charge in [0.15, 0.2) is 8.32 Å². The summed E-state index contributed by atoms with van der Waals surface area (Å²) in [7, 11) is -1.76. The summed E-state index contributed by atoms with van der Waals surface area (Å²) >= 11 is -1.16. The fourth-order valence-electron chi connectivity index (χ4n) is 2.04. The van der Waals surface area contributed by atoms with E-state index in [-0.39, 0.29) is 15.4 Å². The van der Waals surface area contributed by atoms with E-state index in [1.165, 1.54) is 6.42 Å². The van der Waals surface area contributed by atoms with Crippen LogP contribution in [0.1, 0.15) is 67.2 Å². The predicted octanol–water partition coefficient (Wildman–Crippen LogP) is 4.85. The van der Waals surface area contributed by atoms with Crippen molar-refractivity contribution in [3.63, 3.8) is 0 Å². The van der Waals surface area contributed by atoms with Gasteiger partial charge in [0.05, 0.1) is 11.8 Å². The lowest BCUT2D eigenvalue weighted by Crippen LogP contribution is -2.53. The van der Waals surface area contributed by atoms with Crippen molar-refractivity contribution in [1.29, 1.82) is 0 Å². The molecule has 1 atom stereocenters. The molecule has 0 heterocycles. The molecule has 0 aromatic rings. The highest BCUT2D eigenvalue weighted by molar-refractivity contribution is 7.91. The van der Waals surface area contributed by atoms with Gasteiger partial charge in [0.25, 0.3) is 0 Å². The molecule has 1 aliphatic rings. The topological polar surface area (TPSA) is 44.7 Å². The zero-order chi connectivity index (χ0) is 16.5. The van der Waals surface area contributed by atoms with Crippen molar-refractivity contribution in [2.45, 2.75) is 95.7 Å².